The molecule has 1 rings (SSSR count). The monoisotopic (exact) mass is 265 g/mol. The zero-order valence-corrected chi connectivity index (χ0v) is 12.7. The van der Waals surface area contributed by atoms with Crippen molar-refractivity contribution in [2.75, 3.05) is 13.2 Å². The lowest BCUT2D eigenvalue weighted by Crippen LogP contribution is -2.35. The Morgan fingerprint density at radius 1 is 1.11 bits per heavy atom. The highest BCUT2D eigenvalue weighted by atomic mass is 16.3. The van der Waals surface area contributed by atoms with E-state index in [9.17, 15) is 5.11 Å². The number of aryl methyl sites for hydroxylation is 2. The molecule has 0 bridgehead atoms. The third-order valence-corrected chi connectivity index (χ3v) is 4.07. The number of aliphatic hydroxyl groups is 2. The molecule has 19 heavy (non-hydrogen) atoms. The summed E-state index contributed by atoms with van der Waals surface area (Å²) in [5, 5.41) is 22.8. The van der Waals surface area contributed by atoms with Gasteiger partial charge in [-0.05, 0) is 61.9 Å². The molecular formula is C16H27NO2. The summed E-state index contributed by atoms with van der Waals surface area (Å²) in [6.07, 6.45) is 0.327. The van der Waals surface area contributed by atoms with Crippen LogP contribution in [0, 0.1) is 27.7 Å². The second-order valence-electron chi connectivity index (χ2n) is 5.39. The molecule has 0 heterocycles. The Bertz CT molecular complexity index is 399. The standard InChI is InChI=1S/C16H27NO2/c1-6-14(9-18)17-8-15(19)16-12(4)10(2)7-11(3)13(16)5/h7,14-15,17-19H,6,8-9H2,1-5H3. The Hall–Kier alpha value is -0.900. The summed E-state index contributed by atoms with van der Waals surface area (Å²) in [7, 11) is 0. The lowest BCUT2D eigenvalue weighted by Gasteiger charge is -2.22. The minimum absolute atomic E-state index is 0.0566. The molecule has 0 aromatic heterocycles. The van der Waals surface area contributed by atoms with E-state index in [1.807, 2.05) is 6.92 Å². The maximum Gasteiger partial charge on any atom is 0.0919 e. The SMILES string of the molecule is CCC(CO)NCC(O)c1c(C)c(C)cc(C)c1C. The van der Waals surface area contributed by atoms with Gasteiger partial charge in [0.2, 0.25) is 0 Å². The van der Waals surface area contributed by atoms with Gasteiger partial charge in [0.1, 0.15) is 0 Å². The molecule has 2 atom stereocenters. The fourth-order valence-electron chi connectivity index (χ4n) is 2.47. The molecule has 0 fully saturated rings. The number of hydrogen-bond acceptors (Lipinski definition) is 3. The van der Waals surface area contributed by atoms with E-state index in [1.165, 1.54) is 11.1 Å². The van der Waals surface area contributed by atoms with Gasteiger partial charge in [-0.15, -0.1) is 0 Å². The molecule has 0 amide bonds. The summed E-state index contributed by atoms with van der Waals surface area (Å²) in [5.41, 5.74) is 5.78. The second-order valence-corrected chi connectivity index (χ2v) is 5.39. The number of nitrogens with one attached hydrogen (secondary N) is 1. The molecule has 1 aromatic rings. The third kappa shape index (κ3) is 3.78. The zero-order valence-electron chi connectivity index (χ0n) is 12.7. The van der Waals surface area contributed by atoms with Crippen molar-refractivity contribution in [1.82, 2.24) is 5.32 Å². The highest BCUT2D eigenvalue weighted by Crippen LogP contribution is 2.27. The van der Waals surface area contributed by atoms with Gasteiger partial charge in [0, 0.05) is 12.6 Å². The normalized spacial score (nSPS) is 14.5. The smallest absolute Gasteiger partial charge is 0.0919 e. The Morgan fingerprint density at radius 3 is 2.05 bits per heavy atom. The summed E-state index contributed by atoms with van der Waals surface area (Å²) in [4.78, 5) is 0. The van der Waals surface area contributed by atoms with Crippen molar-refractivity contribution >= 4 is 0 Å². The Labute approximate surface area is 116 Å². The van der Waals surface area contributed by atoms with Crippen LogP contribution in [-0.2, 0) is 0 Å². The first kappa shape index (κ1) is 16.2. The lowest BCUT2D eigenvalue weighted by molar-refractivity contribution is 0.156. The van der Waals surface area contributed by atoms with Gasteiger partial charge in [0.15, 0.2) is 0 Å². The van der Waals surface area contributed by atoms with Crippen LogP contribution in [-0.4, -0.2) is 29.4 Å². The first-order valence-electron chi connectivity index (χ1n) is 7.01. The Kier molecular flexibility index (Phi) is 5.98. The van der Waals surface area contributed by atoms with Crippen LogP contribution >= 0.6 is 0 Å². The van der Waals surface area contributed by atoms with Crippen LogP contribution in [0.25, 0.3) is 0 Å². The van der Waals surface area contributed by atoms with Crippen LogP contribution in [0.15, 0.2) is 6.07 Å². The van der Waals surface area contributed by atoms with Crippen molar-refractivity contribution in [3.05, 3.63) is 33.9 Å². The summed E-state index contributed by atoms with van der Waals surface area (Å²) >= 11 is 0. The van der Waals surface area contributed by atoms with Crippen LogP contribution in [0.1, 0.15) is 47.3 Å². The Morgan fingerprint density at radius 2 is 1.63 bits per heavy atom. The topological polar surface area (TPSA) is 52.5 Å². The van der Waals surface area contributed by atoms with Crippen molar-refractivity contribution in [1.29, 1.82) is 0 Å². The van der Waals surface area contributed by atoms with E-state index in [2.05, 4.69) is 39.1 Å². The molecule has 3 heteroatoms. The van der Waals surface area contributed by atoms with Crippen molar-refractivity contribution < 1.29 is 10.2 Å². The molecule has 3 N–H and O–H groups in total. The highest BCUT2D eigenvalue weighted by Gasteiger charge is 2.17. The summed E-state index contributed by atoms with van der Waals surface area (Å²) in [5.74, 6) is 0. The van der Waals surface area contributed by atoms with Gasteiger partial charge in [-0.3, -0.25) is 0 Å². The van der Waals surface area contributed by atoms with Gasteiger partial charge in [0.05, 0.1) is 12.7 Å². The molecule has 0 saturated carbocycles. The lowest BCUT2D eigenvalue weighted by atomic mass is 9.91. The van der Waals surface area contributed by atoms with Crippen LogP contribution in [0.5, 0.6) is 0 Å². The number of hydrogen-bond donors (Lipinski definition) is 3. The van der Waals surface area contributed by atoms with Crippen LogP contribution < -0.4 is 5.32 Å². The van der Waals surface area contributed by atoms with Crippen LogP contribution in [0.4, 0.5) is 0 Å². The summed E-state index contributed by atoms with van der Waals surface area (Å²) in [6.45, 7) is 10.9. The molecule has 0 aliphatic heterocycles. The number of rotatable bonds is 6. The van der Waals surface area contributed by atoms with Gasteiger partial charge in [-0.25, -0.2) is 0 Å². The summed E-state index contributed by atoms with van der Waals surface area (Å²) < 4.78 is 0. The molecule has 0 aliphatic rings. The van der Waals surface area contributed by atoms with E-state index in [0.717, 1.165) is 23.1 Å². The zero-order chi connectivity index (χ0) is 14.6. The average Bonchev–Trinajstić information content (AvgIpc) is 2.38. The van der Waals surface area contributed by atoms with Crippen molar-refractivity contribution in [3.63, 3.8) is 0 Å². The average molecular weight is 265 g/mol. The van der Waals surface area contributed by atoms with Crippen LogP contribution in [0.2, 0.25) is 0 Å². The van der Waals surface area contributed by atoms with Crippen molar-refractivity contribution in [2.45, 2.75) is 53.2 Å². The first-order chi connectivity index (χ1) is 8.92. The van der Waals surface area contributed by atoms with Gasteiger partial charge in [0.25, 0.3) is 0 Å². The third-order valence-electron chi connectivity index (χ3n) is 4.07. The minimum Gasteiger partial charge on any atom is -0.395 e. The molecule has 0 spiro atoms. The Balaban J connectivity index is 2.90. The predicted molar refractivity (Wildman–Crippen MR) is 79.5 cm³/mol. The molecule has 0 saturated heterocycles. The predicted octanol–water partition coefficient (Wildman–Crippen LogP) is 2.31. The van der Waals surface area contributed by atoms with Crippen molar-refractivity contribution in [2.24, 2.45) is 0 Å². The maximum atomic E-state index is 10.4. The van der Waals surface area contributed by atoms with Crippen molar-refractivity contribution in [3.8, 4) is 0 Å². The fraction of sp³-hybridized carbons (Fsp3) is 0.625. The maximum absolute atomic E-state index is 10.4. The van der Waals surface area contributed by atoms with E-state index in [4.69, 9.17) is 5.11 Å². The van der Waals surface area contributed by atoms with Gasteiger partial charge in [-0.1, -0.05) is 13.0 Å². The molecule has 2 unspecified atom stereocenters. The largest absolute Gasteiger partial charge is 0.395 e. The van der Waals surface area contributed by atoms with E-state index in [-0.39, 0.29) is 12.6 Å². The molecule has 108 valence electrons. The van der Waals surface area contributed by atoms with Gasteiger partial charge >= 0.3 is 0 Å². The summed E-state index contributed by atoms with van der Waals surface area (Å²) in [6, 6.07) is 2.22. The van der Waals surface area contributed by atoms with Gasteiger partial charge < -0.3 is 15.5 Å². The number of benzene rings is 1. The molecular weight excluding hydrogens is 238 g/mol. The molecule has 3 nitrogen and oxygen atoms in total. The van der Waals surface area contributed by atoms with Crippen LogP contribution in [0.3, 0.4) is 0 Å². The molecule has 0 aliphatic carbocycles. The highest BCUT2D eigenvalue weighted by molar-refractivity contribution is 5.45. The number of aliphatic hydroxyl groups excluding tert-OH is 2. The van der Waals surface area contributed by atoms with E-state index < -0.39 is 6.10 Å². The van der Waals surface area contributed by atoms with E-state index in [0.29, 0.717) is 6.54 Å². The fourth-order valence-corrected chi connectivity index (χ4v) is 2.47. The second kappa shape index (κ2) is 7.04. The molecule has 1 aromatic carbocycles. The first-order valence-corrected chi connectivity index (χ1v) is 7.01. The van der Waals surface area contributed by atoms with E-state index >= 15 is 0 Å². The van der Waals surface area contributed by atoms with Gasteiger partial charge in [-0.2, -0.15) is 0 Å². The minimum atomic E-state index is -0.529. The van der Waals surface area contributed by atoms with E-state index in [1.54, 1.807) is 0 Å². The quantitative estimate of drug-likeness (QED) is 0.740. The molecule has 0 radical (unpaired) electrons.